The molecule has 116 valence electrons. The van der Waals surface area contributed by atoms with Gasteiger partial charge in [0.2, 0.25) is 5.91 Å². The van der Waals surface area contributed by atoms with Gasteiger partial charge in [0.15, 0.2) is 5.65 Å². The van der Waals surface area contributed by atoms with E-state index in [0.717, 1.165) is 29.6 Å². The summed E-state index contributed by atoms with van der Waals surface area (Å²) in [4.78, 5) is 16.8. The van der Waals surface area contributed by atoms with Crippen molar-refractivity contribution in [2.75, 3.05) is 6.54 Å². The number of rotatable bonds is 3. The first-order chi connectivity index (χ1) is 10.7. The van der Waals surface area contributed by atoms with Gasteiger partial charge >= 0.3 is 0 Å². The Kier molecular flexibility index (Phi) is 3.14. The fraction of sp³-hybridized carbons (Fsp3) is 0.562. The number of fused-ring (bicyclic) bond motifs is 1. The molecule has 0 radical (unpaired) electrons. The smallest absolute Gasteiger partial charge is 0.242 e. The van der Waals surface area contributed by atoms with E-state index >= 15 is 0 Å². The molecule has 2 aromatic rings. The highest BCUT2D eigenvalue weighted by molar-refractivity contribution is 5.80. The Hall–Kier alpha value is -1.95. The molecule has 1 atom stereocenters. The summed E-state index contributed by atoms with van der Waals surface area (Å²) < 4.78 is 1.68. The molecule has 1 aliphatic carbocycles. The monoisotopic (exact) mass is 299 g/mol. The average Bonchev–Trinajstić information content (AvgIpc) is 3.02. The van der Waals surface area contributed by atoms with Crippen molar-refractivity contribution in [3.63, 3.8) is 0 Å². The summed E-state index contributed by atoms with van der Waals surface area (Å²) in [5.41, 5.74) is 2.03. The maximum absolute atomic E-state index is 12.4. The van der Waals surface area contributed by atoms with E-state index in [-0.39, 0.29) is 24.0 Å². The van der Waals surface area contributed by atoms with Crippen LogP contribution in [0.1, 0.15) is 31.2 Å². The van der Waals surface area contributed by atoms with E-state index in [2.05, 4.69) is 20.7 Å². The van der Waals surface area contributed by atoms with E-state index in [1.54, 1.807) is 10.9 Å². The summed E-state index contributed by atoms with van der Waals surface area (Å²) in [5, 5.41) is 12.0. The van der Waals surface area contributed by atoms with Crippen molar-refractivity contribution >= 4 is 16.9 Å². The minimum absolute atomic E-state index is 0.0207. The fourth-order valence-electron chi connectivity index (χ4n) is 3.73. The summed E-state index contributed by atoms with van der Waals surface area (Å²) >= 11 is 0. The largest absolute Gasteiger partial charge is 0.350 e. The molecule has 1 amide bonds. The fourth-order valence-corrected chi connectivity index (χ4v) is 3.73. The normalized spacial score (nSPS) is 22.9. The molecule has 6 heteroatoms. The number of amides is 1. The molecular weight excluding hydrogens is 278 g/mol. The van der Waals surface area contributed by atoms with Crippen LogP contribution in [0, 0.1) is 6.92 Å². The summed E-state index contributed by atoms with van der Waals surface area (Å²) in [5.74, 6) is 0.0207. The van der Waals surface area contributed by atoms with Crippen molar-refractivity contribution in [1.82, 2.24) is 25.4 Å². The number of pyridine rings is 1. The number of nitrogens with zero attached hydrogens (tertiary/aromatic N) is 3. The predicted octanol–water partition coefficient (Wildman–Crippen LogP) is 1.14. The SMILES string of the molecule is Cc1cnc2c(cnn2CC(=O)NC2CCNC23CCC3)c1. The van der Waals surface area contributed by atoms with E-state index in [1.807, 2.05) is 19.2 Å². The summed E-state index contributed by atoms with van der Waals surface area (Å²) in [6, 6.07) is 2.29. The van der Waals surface area contributed by atoms with Gasteiger partial charge in [-0.05, 0) is 50.8 Å². The summed E-state index contributed by atoms with van der Waals surface area (Å²) in [6.07, 6.45) is 8.19. The van der Waals surface area contributed by atoms with Gasteiger partial charge in [-0.3, -0.25) is 4.79 Å². The molecule has 2 aromatic heterocycles. The van der Waals surface area contributed by atoms with Gasteiger partial charge in [0, 0.05) is 23.2 Å². The Morgan fingerprint density at radius 3 is 3.14 bits per heavy atom. The average molecular weight is 299 g/mol. The zero-order chi connectivity index (χ0) is 15.2. The van der Waals surface area contributed by atoms with E-state index in [4.69, 9.17) is 0 Å². The van der Waals surface area contributed by atoms with Crippen LogP contribution < -0.4 is 10.6 Å². The van der Waals surface area contributed by atoms with Crippen LogP contribution in [0.25, 0.3) is 11.0 Å². The Morgan fingerprint density at radius 1 is 1.50 bits per heavy atom. The van der Waals surface area contributed by atoms with Gasteiger partial charge in [0.25, 0.3) is 0 Å². The van der Waals surface area contributed by atoms with Gasteiger partial charge < -0.3 is 10.6 Å². The van der Waals surface area contributed by atoms with Crippen molar-refractivity contribution in [1.29, 1.82) is 0 Å². The number of nitrogens with one attached hydrogen (secondary N) is 2. The molecular formula is C16H21N5O. The molecule has 3 heterocycles. The minimum Gasteiger partial charge on any atom is -0.350 e. The van der Waals surface area contributed by atoms with E-state index in [0.29, 0.717) is 0 Å². The number of carbonyl (C=O) groups is 1. The van der Waals surface area contributed by atoms with E-state index < -0.39 is 0 Å². The maximum Gasteiger partial charge on any atom is 0.242 e. The second-order valence-corrected chi connectivity index (χ2v) is 6.57. The number of aromatic nitrogens is 3. The second kappa shape index (κ2) is 5.05. The first kappa shape index (κ1) is 13.7. The van der Waals surface area contributed by atoms with Gasteiger partial charge in [-0.1, -0.05) is 0 Å². The number of carbonyl (C=O) groups excluding carboxylic acids is 1. The van der Waals surface area contributed by atoms with Crippen LogP contribution >= 0.6 is 0 Å². The second-order valence-electron chi connectivity index (χ2n) is 6.57. The molecule has 1 aliphatic heterocycles. The Bertz CT molecular complexity index is 718. The van der Waals surface area contributed by atoms with Crippen molar-refractivity contribution < 1.29 is 4.79 Å². The van der Waals surface area contributed by atoms with Gasteiger partial charge in [-0.25, -0.2) is 9.67 Å². The Labute approximate surface area is 129 Å². The Morgan fingerprint density at radius 2 is 2.36 bits per heavy atom. The molecule has 1 saturated heterocycles. The highest BCUT2D eigenvalue weighted by Crippen LogP contribution is 2.39. The quantitative estimate of drug-likeness (QED) is 0.891. The molecule has 0 aromatic carbocycles. The lowest BCUT2D eigenvalue weighted by Gasteiger charge is -2.43. The zero-order valence-corrected chi connectivity index (χ0v) is 12.8. The van der Waals surface area contributed by atoms with Crippen LogP contribution in [0.2, 0.25) is 0 Å². The van der Waals surface area contributed by atoms with Crippen LogP contribution in [0.15, 0.2) is 18.5 Å². The third-order valence-corrected chi connectivity index (χ3v) is 5.06. The molecule has 2 aliphatic rings. The van der Waals surface area contributed by atoms with Gasteiger partial charge in [0.05, 0.1) is 6.20 Å². The molecule has 1 spiro atoms. The molecule has 1 unspecified atom stereocenters. The first-order valence-electron chi connectivity index (χ1n) is 7.99. The molecule has 1 saturated carbocycles. The third kappa shape index (κ3) is 2.18. The molecule has 22 heavy (non-hydrogen) atoms. The molecule has 2 N–H and O–H groups in total. The maximum atomic E-state index is 12.4. The standard InChI is InChI=1S/C16H21N5O/c1-11-7-12-9-19-21(15(12)17-8-11)10-14(22)20-13-3-6-18-16(13)4-2-5-16/h7-9,13,18H,2-6,10H2,1H3,(H,20,22). The van der Waals surface area contributed by atoms with Crippen molar-refractivity contribution in [3.05, 3.63) is 24.0 Å². The lowest BCUT2D eigenvalue weighted by Crippen LogP contribution is -2.59. The van der Waals surface area contributed by atoms with Crippen molar-refractivity contribution in [2.45, 2.75) is 50.7 Å². The molecule has 6 nitrogen and oxygen atoms in total. The van der Waals surface area contributed by atoms with Crippen LogP contribution in [-0.4, -0.2) is 38.8 Å². The minimum atomic E-state index is 0.0207. The topological polar surface area (TPSA) is 71.8 Å². The van der Waals surface area contributed by atoms with Gasteiger partial charge in [0.1, 0.15) is 6.54 Å². The van der Waals surface area contributed by atoms with Gasteiger partial charge in [-0.2, -0.15) is 5.10 Å². The van der Waals surface area contributed by atoms with Crippen molar-refractivity contribution in [2.24, 2.45) is 0 Å². The van der Waals surface area contributed by atoms with E-state index in [9.17, 15) is 4.79 Å². The van der Waals surface area contributed by atoms with Crippen molar-refractivity contribution in [3.8, 4) is 0 Å². The lowest BCUT2D eigenvalue weighted by atomic mass is 9.73. The van der Waals surface area contributed by atoms with E-state index in [1.165, 1.54) is 19.3 Å². The highest BCUT2D eigenvalue weighted by atomic mass is 16.2. The number of aryl methyl sites for hydroxylation is 1. The zero-order valence-electron chi connectivity index (χ0n) is 12.8. The first-order valence-corrected chi connectivity index (χ1v) is 7.99. The molecule has 4 rings (SSSR count). The number of hydrogen-bond acceptors (Lipinski definition) is 4. The molecule has 2 fully saturated rings. The third-order valence-electron chi connectivity index (χ3n) is 5.06. The summed E-state index contributed by atoms with van der Waals surface area (Å²) in [6.45, 7) is 3.23. The Balaban J connectivity index is 1.47. The van der Waals surface area contributed by atoms with Crippen LogP contribution in [-0.2, 0) is 11.3 Å². The number of hydrogen-bond donors (Lipinski definition) is 2. The molecule has 0 bridgehead atoms. The van der Waals surface area contributed by atoms with Crippen LogP contribution in [0.4, 0.5) is 0 Å². The van der Waals surface area contributed by atoms with Crippen LogP contribution in [0.5, 0.6) is 0 Å². The summed E-state index contributed by atoms with van der Waals surface area (Å²) in [7, 11) is 0. The lowest BCUT2D eigenvalue weighted by molar-refractivity contribution is -0.123. The highest BCUT2D eigenvalue weighted by Gasteiger charge is 2.47. The van der Waals surface area contributed by atoms with Gasteiger partial charge in [-0.15, -0.1) is 0 Å². The predicted molar refractivity (Wildman–Crippen MR) is 83.4 cm³/mol. The van der Waals surface area contributed by atoms with Crippen LogP contribution in [0.3, 0.4) is 0 Å².